The van der Waals surface area contributed by atoms with Gasteiger partial charge in [0.2, 0.25) is 5.91 Å². The Labute approximate surface area is 172 Å². The second-order valence-corrected chi connectivity index (χ2v) is 7.04. The van der Waals surface area contributed by atoms with Crippen LogP contribution in [0.5, 0.6) is 5.75 Å². The van der Waals surface area contributed by atoms with Crippen molar-refractivity contribution in [1.29, 1.82) is 0 Å². The maximum Gasteiger partial charge on any atom is 0.573 e. The minimum Gasteiger partial charge on any atom is -0.404 e. The van der Waals surface area contributed by atoms with Crippen molar-refractivity contribution >= 4 is 23.2 Å². The summed E-state index contributed by atoms with van der Waals surface area (Å²) in [7, 11) is 0. The first-order valence-corrected chi connectivity index (χ1v) is 9.62. The van der Waals surface area contributed by atoms with Crippen molar-refractivity contribution in [3.05, 3.63) is 54.1 Å². The largest absolute Gasteiger partial charge is 0.573 e. The molecule has 4 N–H and O–H groups in total. The zero-order valence-corrected chi connectivity index (χ0v) is 16.2. The summed E-state index contributed by atoms with van der Waals surface area (Å²) in [6.07, 6.45) is -0.825. The smallest absolute Gasteiger partial charge is 0.404 e. The Kier molecular flexibility index (Phi) is 6.81. The highest BCUT2D eigenvalue weighted by Gasteiger charge is 2.32. The first kappa shape index (κ1) is 21.5. The number of amides is 1. The van der Waals surface area contributed by atoms with Gasteiger partial charge in [0, 0.05) is 11.6 Å². The number of guanidine groups is 1. The second-order valence-electron chi connectivity index (χ2n) is 7.04. The normalized spacial score (nSPS) is 15.1. The van der Waals surface area contributed by atoms with Gasteiger partial charge >= 0.3 is 6.36 Å². The fraction of sp³-hybridized carbons (Fsp3) is 0.333. The number of hydrogen-bond donors (Lipinski definition) is 3. The van der Waals surface area contributed by atoms with Gasteiger partial charge < -0.3 is 21.1 Å². The summed E-state index contributed by atoms with van der Waals surface area (Å²) in [6, 6.07) is 12.8. The minimum absolute atomic E-state index is 0.0237. The van der Waals surface area contributed by atoms with Crippen molar-refractivity contribution in [2.45, 2.75) is 38.6 Å². The number of halogens is 3. The zero-order valence-electron chi connectivity index (χ0n) is 16.2. The van der Waals surface area contributed by atoms with Gasteiger partial charge in [-0.15, -0.1) is 13.2 Å². The number of nitrogens with two attached hydrogens (primary N) is 1. The van der Waals surface area contributed by atoms with Gasteiger partial charge in [-0.3, -0.25) is 4.79 Å². The molecule has 2 aromatic carbocycles. The van der Waals surface area contributed by atoms with E-state index < -0.39 is 12.1 Å². The van der Waals surface area contributed by atoms with E-state index in [-0.39, 0.29) is 30.0 Å². The molecule has 30 heavy (non-hydrogen) atoms. The lowest BCUT2D eigenvalue weighted by Gasteiger charge is -2.14. The Balaban J connectivity index is 1.61. The van der Waals surface area contributed by atoms with Crippen LogP contribution in [0.1, 0.15) is 31.2 Å². The molecular weight excluding hydrogens is 397 g/mol. The van der Waals surface area contributed by atoms with Gasteiger partial charge in [-0.1, -0.05) is 37.1 Å². The molecule has 0 bridgehead atoms. The fourth-order valence-corrected chi connectivity index (χ4v) is 3.32. The predicted octanol–water partition coefficient (Wildman–Crippen LogP) is 4.64. The van der Waals surface area contributed by atoms with E-state index in [1.54, 1.807) is 24.3 Å². The number of nitrogens with one attached hydrogen (secondary N) is 2. The molecule has 0 aliphatic heterocycles. The van der Waals surface area contributed by atoms with Crippen molar-refractivity contribution in [2.75, 3.05) is 10.6 Å². The van der Waals surface area contributed by atoms with Crippen molar-refractivity contribution < 1.29 is 22.7 Å². The number of aliphatic imine (C=N–C) groups is 1. The number of para-hydroxylation sites is 2. The van der Waals surface area contributed by atoms with E-state index in [9.17, 15) is 18.0 Å². The molecule has 6 nitrogen and oxygen atoms in total. The Bertz CT molecular complexity index is 909. The molecule has 1 fully saturated rings. The van der Waals surface area contributed by atoms with E-state index in [2.05, 4.69) is 20.4 Å². The van der Waals surface area contributed by atoms with Gasteiger partial charge in [-0.25, -0.2) is 4.99 Å². The summed E-state index contributed by atoms with van der Waals surface area (Å²) in [5.41, 5.74) is 7.34. The third-order valence-electron chi connectivity index (χ3n) is 4.73. The molecule has 0 radical (unpaired) electrons. The summed E-state index contributed by atoms with van der Waals surface area (Å²) in [4.78, 5) is 16.4. The first-order chi connectivity index (χ1) is 14.3. The quantitative estimate of drug-likeness (QED) is 0.469. The van der Waals surface area contributed by atoms with Crippen molar-refractivity contribution in [1.82, 2.24) is 0 Å². The van der Waals surface area contributed by atoms with Crippen LogP contribution >= 0.6 is 0 Å². The summed E-state index contributed by atoms with van der Waals surface area (Å²) in [5.74, 6) is -0.380. The Hall–Kier alpha value is -3.23. The fourth-order valence-electron chi connectivity index (χ4n) is 3.32. The number of nitrogens with zero attached hydrogens (tertiary/aromatic N) is 1. The number of ether oxygens (including phenoxy) is 1. The van der Waals surface area contributed by atoms with E-state index >= 15 is 0 Å². The summed E-state index contributed by atoms with van der Waals surface area (Å²) in [5, 5.41) is 5.54. The first-order valence-electron chi connectivity index (χ1n) is 9.62. The molecular formula is C21H23F3N4O2. The van der Waals surface area contributed by atoms with Gasteiger partial charge in [-0.05, 0) is 42.7 Å². The van der Waals surface area contributed by atoms with Crippen LogP contribution in [0, 0.1) is 5.92 Å². The molecule has 0 unspecified atom stereocenters. The topological polar surface area (TPSA) is 88.7 Å². The Morgan fingerprint density at radius 1 is 1.10 bits per heavy atom. The average molecular weight is 420 g/mol. The van der Waals surface area contributed by atoms with E-state index in [1.807, 2.05) is 6.07 Å². The molecule has 0 spiro atoms. The number of anilines is 2. The maximum atomic E-state index is 12.5. The van der Waals surface area contributed by atoms with Crippen LogP contribution in [-0.4, -0.2) is 18.2 Å². The maximum absolute atomic E-state index is 12.5. The van der Waals surface area contributed by atoms with Gasteiger partial charge in [0.25, 0.3) is 0 Å². The molecule has 0 atom stereocenters. The predicted molar refractivity (Wildman–Crippen MR) is 109 cm³/mol. The van der Waals surface area contributed by atoms with Gasteiger partial charge in [0.05, 0.1) is 12.2 Å². The van der Waals surface area contributed by atoms with Crippen LogP contribution in [0.4, 0.5) is 24.5 Å². The van der Waals surface area contributed by atoms with E-state index in [1.165, 1.54) is 18.2 Å². The van der Waals surface area contributed by atoms with E-state index in [0.717, 1.165) is 31.2 Å². The number of alkyl halides is 3. The van der Waals surface area contributed by atoms with Crippen LogP contribution in [0.15, 0.2) is 53.5 Å². The highest BCUT2D eigenvalue weighted by atomic mass is 19.4. The zero-order chi connectivity index (χ0) is 21.6. The third-order valence-corrected chi connectivity index (χ3v) is 4.73. The molecule has 3 rings (SSSR count). The molecule has 2 aromatic rings. The second kappa shape index (κ2) is 9.51. The molecule has 0 heterocycles. The van der Waals surface area contributed by atoms with Gasteiger partial charge in [0.15, 0.2) is 11.7 Å². The Morgan fingerprint density at radius 2 is 1.83 bits per heavy atom. The van der Waals surface area contributed by atoms with Crippen LogP contribution in [0.3, 0.4) is 0 Å². The van der Waals surface area contributed by atoms with E-state index in [4.69, 9.17) is 5.73 Å². The molecule has 1 aliphatic rings. The lowest BCUT2D eigenvalue weighted by molar-refractivity contribution is -0.274. The summed E-state index contributed by atoms with van der Waals surface area (Å²) >= 11 is 0. The molecule has 1 aliphatic carbocycles. The summed E-state index contributed by atoms with van der Waals surface area (Å²) < 4.78 is 41.5. The molecule has 9 heteroatoms. The van der Waals surface area contributed by atoms with E-state index in [0.29, 0.717) is 5.69 Å². The van der Waals surface area contributed by atoms with Crippen LogP contribution < -0.4 is 21.1 Å². The third kappa shape index (κ3) is 6.40. The highest BCUT2D eigenvalue weighted by Crippen LogP contribution is 2.30. The van der Waals surface area contributed by atoms with Gasteiger partial charge in [-0.2, -0.15) is 0 Å². The number of benzene rings is 2. The molecule has 160 valence electrons. The van der Waals surface area contributed by atoms with Crippen LogP contribution in [-0.2, 0) is 11.3 Å². The van der Waals surface area contributed by atoms with Crippen LogP contribution in [0.25, 0.3) is 0 Å². The monoisotopic (exact) mass is 420 g/mol. The van der Waals surface area contributed by atoms with Crippen molar-refractivity contribution in [3.63, 3.8) is 0 Å². The SMILES string of the molecule is NC(=NCc1cccc(NC(=O)C2CCCC2)c1)Nc1ccccc1OC(F)(F)F. The van der Waals surface area contributed by atoms with Crippen LogP contribution in [0.2, 0.25) is 0 Å². The number of hydrogen-bond acceptors (Lipinski definition) is 3. The Morgan fingerprint density at radius 3 is 2.57 bits per heavy atom. The summed E-state index contributed by atoms with van der Waals surface area (Å²) in [6.45, 7) is 0.189. The number of carbonyl (C=O) groups excluding carboxylic acids is 1. The van der Waals surface area contributed by atoms with Crippen molar-refractivity contribution in [3.8, 4) is 5.75 Å². The highest BCUT2D eigenvalue weighted by molar-refractivity contribution is 5.94. The lowest BCUT2D eigenvalue weighted by Crippen LogP contribution is -2.24. The number of rotatable bonds is 6. The molecule has 0 aromatic heterocycles. The lowest BCUT2D eigenvalue weighted by atomic mass is 10.1. The van der Waals surface area contributed by atoms with Gasteiger partial charge in [0.1, 0.15) is 0 Å². The molecule has 1 amide bonds. The van der Waals surface area contributed by atoms with Crippen molar-refractivity contribution in [2.24, 2.45) is 16.6 Å². The molecule has 0 saturated heterocycles. The average Bonchev–Trinajstić information content (AvgIpc) is 3.22. The standard InChI is InChI=1S/C21H23F3N4O2/c22-21(23,24)30-18-11-4-3-10-17(18)28-20(25)26-13-14-6-5-9-16(12-14)27-19(29)15-7-1-2-8-15/h3-6,9-12,15H,1-2,7-8,13H2,(H,27,29)(H3,25,26,28). The number of carbonyl (C=O) groups is 1. The molecule has 1 saturated carbocycles. The minimum atomic E-state index is -4.81.